The van der Waals surface area contributed by atoms with Crippen molar-refractivity contribution in [1.29, 1.82) is 0 Å². The minimum absolute atomic E-state index is 0.123. The molecule has 0 saturated heterocycles. The van der Waals surface area contributed by atoms with Gasteiger partial charge in [-0.3, -0.25) is 9.69 Å². The molecule has 0 aliphatic carbocycles. The van der Waals surface area contributed by atoms with E-state index in [2.05, 4.69) is 64.9 Å². The van der Waals surface area contributed by atoms with Crippen molar-refractivity contribution in [2.45, 2.75) is 43.9 Å². The molecule has 4 rings (SSSR count). The van der Waals surface area contributed by atoms with E-state index in [1.54, 1.807) is 0 Å². The van der Waals surface area contributed by atoms with Gasteiger partial charge in [-0.2, -0.15) is 0 Å². The highest BCUT2D eigenvalue weighted by molar-refractivity contribution is 7.99. The molecule has 2 aromatic carbocycles. The number of thioether (sulfide) groups is 1. The minimum atomic E-state index is 0.123. The van der Waals surface area contributed by atoms with Crippen LogP contribution in [0.15, 0.2) is 59.8 Å². The Kier molecular flexibility index (Phi) is 7.27. The van der Waals surface area contributed by atoms with Gasteiger partial charge in [0.2, 0.25) is 5.91 Å². The maximum absolute atomic E-state index is 13.1. The molecule has 32 heavy (non-hydrogen) atoms. The summed E-state index contributed by atoms with van der Waals surface area (Å²) in [6, 6.07) is 18.7. The first-order valence-electron chi connectivity index (χ1n) is 11.2. The maximum atomic E-state index is 13.1. The summed E-state index contributed by atoms with van der Waals surface area (Å²) in [4.78, 5) is 17.3. The average molecular weight is 450 g/mol. The number of hydrogen-bond acceptors (Lipinski definition) is 5. The number of fused-ring (bicyclic) bond motifs is 1. The van der Waals surface area contributed by atoms with Gasteiger partial charge >= 0.3 is 0 Å². The van der Waals surface area contributed by atoms with Crippen molar-refractivity contribution in [3.8, 4) is 0 Å². The fourth-order valence-electron chi connectivity index (χ4n) is 4.34. The second kappa shape index (κ2) is 10.3. The monoisotopic (exact) mass is 449 g/mol. The number of aromatic nitrogens is 3. The second-order valence-electron chi connectivity index (χ2n) is 8.37. The van der Waals surface area contributed by atoms with Crippen LogP contribution >= 0.6 is 11.8 Å². The lowest BCUT2D eigenvalue weighted by molar-refractivity contribution is -0.116. The molecule has 1 atom stereocenters. The number of para-hydroxylation sites is 1. The Morgan fingerprint density at radius 2 is 1.84 bits per heavy atom. The molecule has 7 heteroatoms. The van der Waals surface area contributed by atoms with Crippen molar-refractivity contribution >= 4 is 23.4 Å². The summed E-state index contributed by atoms with van der Waals surface area (Å²) in [5.74, 6) is 1.41. The van der Waals surface area contributed by atoms with Crippen LogP contribution in [0.4, 0.5) is 5.69 Å². The third-order valence-electron chi connectivity index (χ3n) is 5.97. The van der Waals surface area contributed by atoms with Crippen molar-refractivity contribution < 1.29 is 4.79 Å². The molecular formula is C25H31N5OS. The molecule has 0 radical (unpaired) electrons. The number of amides is 1. The van der Waals surface area contributed by atoms with E-state index in [-0.39, 0.29) is 11.9 Å². The van der Waals surface area contributed by atoms with E-state index < -0.39 is 0 Å². The number of aryl methyl sites for hydroxylation is 1. The smallest absolute Gasteiger partial charge is 0.237 e. The van der Waals surface area contributed by atoms with Crippen LogP contribution in [0.2, 0.25) is 0 Å². The first-order valence-corrected chi connectivity index (χ1v) is 12.2. The summed E-state index contributed by atoms with van der Waals surface area (Å²) in [5.41, 5.74) is 3.50. The molecular weight excluding hydrogens is 418 g/mol. The third kappa shape index (κ3) is 4.89. The minimum Gasteiger partial charge on any atom is -0.311 e. The molecule has 1 aromatic heterocycles. The lowest BCUT2D eigenvalue weighted by Gasteiger charge is -2.29. The SMILES string of the molecule is CC[C@@H](c1nnc(SCC(=O)N2CCCc3ccccc32)n1Cc1ccccc1)N(C)C. The normalized spacial score (nSPS) is 14.4. The largest absolute Gasteiger partial charge is 0.311 e. The van der Waals surface area contributed by atoms with Gasteiger partial charge in [0.1, 0.15) is 0 Å². The van der Waals surface area contributed by atoms with Crippen LogP contribution < -0.4 is 4.90 Å². The topological polar surface area (TPSA) is 54.3 Å². The predicted molar refractivity (Wildman–Crippen MR) is 130 cm³/mol. The number of nitrogens with zero attached hydrogens (tertiary/aromatic N) is 5. The van der Waals surface area contributed by atoms with Crippen LogP contribution in [-0.4, -0.2) is 52.0 Å². The van der Waals surface area contributed by atoms with Crippen LogP contribution in [-0.2, 0) is 17.8 Å². The zero-order valence-corrected chi connectivity index (χ0v) is 19.9. The Morgan fingerprint density at radius 3 is 2.59 bits per heavy atom. The van der Waals surface area contributed by atoms with Crippen molar-refractivity contribution in [3.63, 3.8) is 0 Å². The molecule has 0 spiro atoms. The predicted octanol–water partition coefficient (Wildman–Crippen LogP) is 4.41. The van der Waals surface area contributed by atoms with Crippen LogP contribution in [0.25, 0.3) is 0 Å². The van der Waals surface area contributed by atoms with Crippen molar-refractivity contribution in [2.75, 3.05) is 31.3 Å². The van der Waals surface area contributed by atoms with Gasteiger partial charge < -0.3 is 9.47 Å². The first-order chi connectivity index (χ1) is 15.6. The number of hydrogen-bond donors (Lipinski definition) is 0. The van der Waals surface area contributed by atoms with Crippen LogP contribution in [0, 0.1) is 0 Å². The van der Waals surface area contributed by atoms with Crippen molar-refractivity contribution in [3.05, 3.63) is 71.5 Å². The van der Waals surface area contributed by atoms with E-state index >= 15 is 0 Å². The quantitative estimate of drug-likeness (QED) is 0.477. The molecule has 0 saturated carbocycles. The van der Waals surface area contributed by atoms with Gasteiger partial charge in [0.25, 0.3) is 0 Å². The Bertz CT molecular complexity index is 1050. The molecule has 0 bridgehead atoms. The molecule has 1 aliphatic heterocycles. The Hall–Kier alpha value is -2.64. The standard InChI is InChI=1S/C25H31N5OS/c1-4-21(28(2)3)24-26-27-25(30(24)17-19-11-6-5-7-12-19)32-18-23(31)29-16-10-14-20-13-8-9-15-22(20)29/h5-9,11-13,15,21H,4,10,14,16-18H2,1-3H3/t21-/m0/s1. The van der Waals surface area contributed by atoms with E-state index in [4.69, 9.17) is 0 Å². The van der Waals surface area contributed by atoms with Crippen LogP contribution in [0.1, 0.15) is 42.8 Å². The fraction of sp³-hybridized carbons (Fsp3) is 0.400. The Morgan fingerprint density at radius 1 is 1.09 bits per heavy atom. The molecule has 168 valence electrons. The fourth-order valence-corrected chi connectivity index (χ4v) is 5.16. The summed E-state index contributed by atoms with van der Waals surface area (Å²) in [6.45, 7) is 3.63. The number of anilines is 1. The number of carbonyl (C=O) groups excluding carboxylic acids is 1. The van der Waals surface area contributed by atoms with Gasteiger partial charge in [0, 0.05) is 12.2 Å². The molecule has 2 heterocycles. The molecule has 0 unspecified atom stereocenters. The summed E-state index contributed by atoms with van der Waals surface area (Å²) < 4.78 is 2.17. The van der Waals surface area contributed by atoms with E-state index in [9.17, 15) is 4.79 Å². The highest BCUT2D eigenvalue weighted by Crippen LogP contribution is 2.29. The number of rotatable bonds is 8. The lowest BCUT2D eigenvalue weighted by atomic mass is 10.0. The van der Waals surface area contributed by atoms with Crippen molar-refractivity contribution in [1.82, 2.24) is 19.7 Å². The maximum Gasteiger partial charge on any atom is 0.237 e. The number of benzene rings is 2. The van der Waals surface area contributed by atoms with Crippen LogP contribution in [0.5, 0.6) is 0 Å². The summed E-state index contributed by atoms with van der Waals surface area (Å²) in [7, 11) is 4.14. The highest BCUT2D eigenvalue weighted by atomic mass is 32.2. The van der Waals surface area contributed by atoms with Gasteiger partial charge in [-0.05, 0) is 50.6 Å². The third-order valence-corrected chi connectivity index (χ3v) is 6.92. The zero-order chi connectivity index (χ0) is 22.5. The first kappa shape index (κ1) is 22.6. The Labute approximate surface area is 194 Å². The summed E-state index contributed by atoms with van der Waals surface area (Å²) in [5, 5.41) is 9.85. The molecule has 0 fully saturated rings. The van der Waals surface area contributed by atoms with Gasteiger partial charge in [-0.1, -0.05) is 67.2 Å². The zero-order valence-electron chi connectivity index (χ0n) is 19.1. The lowest BCUT2D eigenvalue weighted by Crippen LogP contribution is -2.36. The van der Waals surface area contributed by atoms with Crippen LogP contribution in [0.3, 0.4) is 0 Å². The van der Waals surface area contributed by atoms with Gasteiger partial charge in [-0.25, -0.2) is 0 Å². The van der Waals surface area contributed by atoms with E-state index in [0.717, 1.165) is 42.5 Å². The molecule has 3 aromatic rings. The average Bonchev–Trinajstić information content (AvgIpc) is 3.20. The highest BCUT2D eigenvalue weighted by Gasteiger charge is 2.25. The molecule has 1 aliphatic rings. The van der Waals surface area contributed by atoms with Gasteiger partial charge in [0.15, 0.2) is 11.0 Å². The van der Waals surface area contributed by atoms with E-state index in [1.807, 2.05) is 35.2 Å². The van der Waals surface area contributed by atoms with Crippen molar-refractivity contribution in [2.24, 2.45) is 0 Å². The number of carbonyl (C=O) groups is 1. The Balaban J connectivity index is 1.56. The molecule has 6 nitrogen and oxygen atoms in total. The molecule has 0 N–H and O–H groups in total. The van der Waals surface area contributed by atoms with E-state index in [1.165, 1.54) is 22.9 Å². The van der Waals surface area contributed by atoms with E-state index in [0.29, 0.717) is 12.3 Å². The van der Waals surface area contributed by atoms with Gasteiger partial charge in [0.05, 0.1) is 18.3 Å². The summed E-state index contributed by atoms with van der Waals surface area (Å²) in [6.07, 6.45) is 2.97. The van der Waals surface area contributed by atoms with Gasteiger partial charge in [-0.15, -0.1) is 10.2 Å². The summed E-state index contributed by atoms with van der Waals surface area (Å²) >= 11 is 1.48. The second-order valence-corrected chi connectivity index (χ2v) is 9.31. The molecule has 1 amide bonds.